The normalized spacial score (nSPS) is 12.7. The highest BCUT2D eigenvalue weighted by atomic mass is 16.5. The van der Waals surface area contributed by atoms with Crippen molar-refractivity contribution in [2.75, 3.05) is 0 Å². The van der Waals surface area contributed by atoms with Crippen LogP contribution in [0.5, 0.6) is 5.75 Å². The van der Waals surface area contributed by atoms with E-state index in [2.05, 4.69) is 17.0 Å². The maximum atomic E-state index is 10.6. The molecule has 0 saturated heterocycles. The van der Waals surface area contributed by atoms with Crippen LogP contribution in [0.15, 0.2) is 24.5 Å². The van der Waals surface area contributed by atoms with Crippen LogP contribution in [0.4, 0.5) is 0 Å². The number of nitrogens with zero attached hydrogens (tertiary/aromatic N) is 3. The van der Waals surface area contributed by atoms with Gasteiger partial charge in [-0.05, 0) is 39.3 Å². The minimum absolute atomic E-state index is 0.0760. The van der Waals surface area contributed by atoms with E-state index in [4.69, 9.17) is 4.74 Å². The van der Waals surface area contributed by atoms with E-state index in [0.29, 0.717) is 11.3 Å². The van der Waals surface area contributed by atoms with Gasteiger partial charge in [-0.1, -0.05) is 6.92 Å². The first-order chi connectivity index (χ1) is 10.0. The summed E-state index contributed by atoms with van der Waals surface area (Å²) in [5, 5.41) is 15.1. The molecule has 0 saturated carbocycles. The van der Waals surface area contributed by atoms with E-state index in [0.717, 1.165) is 24.4 Å². The third-order valence-electron chi connectivity index (χ3n) is 3.23. The number of hydrogen-bond donors (Lipinski definition) is 1. The Labute approximate surface area is 125 Å². The number of aryl methyl sites for hydroxylation is 2. The van der Waals surface area contributed by atoms with E-state index in [9.17, 15) is 5.11 Å². The molecule has 2 heterocycles. The van der Waals surface area contributed by atoms with Crippen molar-refractivity contribution in [2.24, 2.45) is 0 Å². The van der Waals surface area contributed by atoms with Crippen LogP contribution in [0.25, 0.3) is 0 Å². The molecule has 2 aromatic rings. The van der Waals surface area contributed by atoms with Gasteiger partial charge in [-0.2, -0.15) is 5.10 Å². The molecule has 0 aliphatic carbocycles. The van der Waals surface area contributed by atoms with Gasteiger partial charge in [0.25, 0.3) is 0 Å². The van der Waals surface area contributed by atoms with Crippen molar-refractivity contribution >= 4 is 0 Å². The lowest BCUT2D eigenvalue weighted by molar-refractivity contribution is 0.204. The van der Waals surface area contributed by atoms with Gasteiger partial charge in [0.15, 0.2) is 0 Å². The molecule has 0 spiro atoms. The highest BCUT2D eigenvalue weighted by molar-refractivity contribution is 5.30. The van der Waals surface area contributed by atoms with Gasteiger partial charge in [-0.15, -0.1) is 0 Å². The number of rotatable bonds is 6. The maximum Gasteiger partial charge on any atom is 0.138 e. The minimum Gasteiger partial charge on any atom is -0.489 e. The highest BCUT2D eigenvalue weighted by Gasteiger charge is 2.18. The SMILES string of the molecule is CCc1cc(C(O)c2cncc(OC(C)C)c2)n(CC)n1. The van der Waals surface area contributed by atoms with Crippen LogP contribution < -0.4 is 4.74 Å². The zero-order valence-electron chi connectivity index (χ0n) is 13.1. The van der Waals surface area contributed by atoms with Crippen molar-refractivity contribution in [1.29, 1.82) is 0 Å². The molecule has 0 aliphatic rings. The number of hydrogen-bond acceptors (Lipinski definition) is 4. The molecule has 0 fully saturated rings. The standard InChI is InChI=1S/C16H23N3O2/c1-5-13-8-15(19(6-2)18-13)16(20)12-7-14(10-17-9-12)21-11(3)4/h7-11,16,20H,5-6H2,1-4H3. The van der Waals surface area contributed by atoms with Crippen LogP contribution in [0.2, 0.25) is 0 Å². The summed E-state index contributed by atoms with van der Waals surface area (Å²) < 4.78 is 7.46. The molecule has 0 amide bonds. The first kappa shape index (κ1) is 15.5. The maximum absolute atomic E-state index is 10.6. The molecule has 0 radical (unpaired) electrons. The van der Waals surface area contributed by atoms with Crippen LogP contribution in [-0.2, 0) is 13.0 Å². The van der Waals surface area contributed by atoms with Gasteiger partial charge in [-0.3, -0.25) is 9.67 Å². The fourth-order valence-corrected chi connectivity index (χ4v) is 2.23. The number of ether oxygens (including phenoxy) is 1. The average molecular weight is 289 g/mol. The zero-order chi connectivity index (χ0) is 15.4. The van der Waals surface area contributed by atoms with Gasteiger partial charge >= 0.3 is 0 Å². The van der Waals surface area contributed by atoms with Crippen LogP contribution >= 0.6 is 0 Å². The molecule has 0 bridgehead atoms. The fraction of sp³-hybridized carbons (Fsp3) is 0.500. The van der Waals surface area contributed by atoms with Crippen molar-refractivity contribution < 1.29 is 9.84 Å². The molecule has 0 aliphatic heterocycles. The van der Waals surface area contributed by atoms with Crippen LogP contribution in [0.3, 0.4) is 0 Å². The molecule has 2 rings (SSSR count). The van der Waals surface area contributed by atoms with Gasteiger partial charge in [0.1, 0.15) is 11.9 Å². The molecular weight excluding hydrogens is 266 g/mol. The topological polar surface area (TPSA) is 60.2 Å². The molecular formula is C16H23N3O2. The monoisotopic (exact) mass is 289 g/mol. The van der Waals surface area contributed by atoms with Crippen LogP contribution in [0, 0.1) is 0 Å². The first-order valence-electron chi connectivity index (χ1n) is 7.41. The fourth-order valence-electron chi connectivity index (χ4n) is 2.23. The Balaban J connectivity index is 2.31. The summed E-state index contributed by atoms with van der Waals surface area (Å²) in [7, 11) is 0. The Kier molecular flexibility index (Phi) is 4.96. The molecule has 2 aromatic heterocycles. The molecule has 114 valence electrons. The molecule has 1 N–H and O–H groups in total. The third-order valence-corrected chi connectivity index (χ3v) is 3.23. The molecule has 1 atom stereocenters. The Bertz CT molecular complexity index is 593. The van der Waals surface area contributed by atoms with Gasteiger partial charge in [-0.25, -0.2) is 0 Å². The highest BCUT2D eigenvalue weighted by Crippen LogP contribution is 2.25. The zero-order valence-corrected chi connectivity index (χ0v) is 13.1. The lowest BCUT2D eigenvalue weighted by Crippen LogP contribution is -2.10. The Morgan fingerprint density at radius 2 is 2.00 bits per heavy atom. The third kappa shape index (κ3) is 3.61. The summed E-state index contributed by atoms with van der Waals surface area (Å²) in [6.07, 6.45) is 3.50. The van der Waals surface area contributed by atoms with E-state index in [1.165, 1.54) is 0 Å². The summed E-state index contributed by atoms with van der Waals surface area (Å²) in [6, 6.07) is 3.78. The van der Waals surface area contributed by atoms with Crippen molar-refractivity contribution in [1.82, 2.24) is 14.8 Å². The second-order valence-corrected chi connectivity index (χ2v) is 5.25. The quantitative estimate of drug-likeness (QED) is 0.888. The largest absolute Gasteiger partial charge is 0.489 e. The second-order valence-electron chi connectivity index (χ2n) is 5.25. The van der Waals surface area contributed by atoms with Gasteiger partial charge in [0.05, 0.1) is 23.7 Å². The van der Waals surface area contributed by atoms with E-state index < -0.39 is 6.10 Å². The molecule has 5 heteroatoms. The van der Waals surface area contributed by atoms with Crippen molar-refractivity contribution in [3.8, 4) is 5.75 Å². The number of aliphatic hydroxyl groups is 1. The molecule has 21 heavy (non-hydrogen) atoms. The minimum atomic E-state index is -0.749. The van der Waals surface area contributed by atoms with E-state index >= 15 is 0 Å². The first-order valence-corrected chi connectivity index (χ1v) is 7.41. The lowest BCUT2D eigenvalue weighted by atomic mass is 10.1. The Morgan fingerprint density at radius 3 is 2.62 bits per heavy atom. The van der Waals surface area contributed by atoms with Crippen molar-refractivity contribution in [3.63, 3.8) is 0 Å². The predicted molar refractivity (Wildman–Crippen MR) is 81.3 cm³/mol. The average Bonchev–Trinajstić information content (AvgIpc) is 2.89. The van der Waals surface area contributed by atoms with Gasteiger partial charge < -0.3 is 9.84 Å². The van der Waals surface area contributed by atoms with Gasteiger partial charge in [0.2, 0.25) is 0 Å². The predicted octanol–water partition coefficient (Wildman–Crippen LogP) is 2.73. The van der Waals surface area contributed by atoms with Crippen LogP contribution in [0.1, 0.15) is 50.8 Å². The summed E-state index contributed by atoms with van der Waals surface area (Å²) in [5.74, 6) is 0.667. The van der Waals surface area contributed by atoms with Crippen molar-refractivity contribution in [3.05, 3.63) is 41.5 Å². The summed E-state index contributed by atoms with van der Waals surface area (Å²) >= 11 is 0. The lowest BCUT2D eigenvalue weighted by Gasteiger charge is -2.14. The summed E-state index contributed by atoms with van der Waals surface area (Å²) in [4.78, 5) is 4.15. The van der Waals surface area contributed by atoms with Gasteiger partial charge in [0, 0.05) is 18.3 Å². The summed E-state index contributed by atoms with van der Waals surface area (Å²) in [6.45, 7) is 8.71. The van der Waals surface area contributed by atoms with E-state index in [1.54, 1.807) is 12.4 Å². The number of aliphatic hydroxyl groups excluding tert-OH is 1. The Hall–Kier alpha value is -1.88. The smallest absolute Gasteiger partial charge is 0.138 e. The Morgan fingerprint density at radius 1 is 1.24 bits per heavy atom. The molecule has 1 unspecified atom stereocenters. The van der Waals surface area contributed by atoms with E-state index in [1.807, 2.05) is 37.6 Å². The second kappa shape index (κ2) is 6.72. The number of aromatic nitrogens is 3. The number of pyridine rings is 1. The van der Waals surface area contributed by atoms with Crippen LogP contribution in [-0.4, -0.2) is 26.0 Å². The molecule has 5 nitrogen and oxygen atoms in total. The summed E-state index contributed by atoms with van der Waals surface area (Å²) in [5.41, 5.74) is 2.48. The molecule has 0 aromatic carbocycles. The van der Waals surface area contributed by atoms with Crippen molar-refractivity contribution in [2.45, 2.75) is 52.9 Å². The van der Waals surface area contributed by atoms with E-state index in [-0.39, 0.29) is 6.10 Å².